The highest BCUT2D eigenvalue weighted by molar-refractivity contribution is 5.84. The fraction of sp³-hybridized carbons (Fsp3) is 0.455. The average molecular weight is 441 g/mol. The van der Waals surface area contributed by atoms with Gasteiger partial charge in [-0.15, -0.1) is 0 Å². The van der Waals surface area contributed by atoms with Gasteiger partial charge in [-0.25, -0.2) is 9.37 Å². The van der Waals surface area contributed by atoms with Crippen LogP contribution in [0.15, 0.2) is 33.8 Å². The molecule has 10 heteroatoms. The van der Waals surface area contributed by atoms with E-state index >= 15 is 0 Å². The third-order valence-electron chi connectivity index (χ3n) is 5.90. The van der Waals surface area contributed by atoms with Gasteiger partial charge < -0.3 is 14.0 Å². The van der Waals surface area contributed by atoms with Crippen LogP contribution in [0.2, 0.25) is 0 Å². The topological polar surface area (TPSA) is 96.7 Å². The Bertz CT molecular complexity index is 1370. The quantitative estimate of drug-likeness (QED) is 0.466. The normalized spacial score (nSPS) is 19.2. The smallest absolute Gasteiger partial charge is 0.278 e. The number of halogens is 1. The predicted molar refractivity (Wildman–Crippen MR) is 114 cm³/mol. The third-order valence-corrected chi connectivity index (χ3v) is 5.90. The highest BCUT2D eigenvalue weighted by Gasteiger charge is 2.36. The number of hydrogen-bond donors (Lipinski definition) is 0. The lowest BCUT2D eigenvalue weighted by molar-refractivity contribution is -0.0292. The van der Waals surface area contributed by atoms with Crippen LogP contribution < -0.4 is 5.56 Å². The fourth-order valence-electron chi connectivity index (χ4n) is 4.41. The molecule has 2 atom stereocenters. The monoisotopic (exact) mass is 441 g/mol. The van der Waals surface area contributed by atoms with Gasteiger partial charge in [-0.05, 0) is 45.7 Å². The molecule has 0 aliphatic carbocycles. The minimum atomic E-state index is -0.498. The fourth-order valence-corrected chi connectivity index (χ4v) is 4.41. The first-order valence-corrected chi connectivity index (χ1v) is 10.5. The Labute approximate surface area is 182 Å². The summed E-state index contributed by atoms with van der Waals surface area (Å²) in [4.78, 5) is 22.4. The van der Waals surface area contributed by atoms with Crippen molar-refractivity contribution in [3.63, 3.8) is 0 Å². The highest BCUT2D eigenvalue weighted by Crippen LogP contribution is 2.38. The molecular weight excluding hydrogens is 417 g/mol. The van der Waals surface area contributed by atoms with Gasteiger partial charge in [0.15, 0.2) is 0 Å². The first-order valence-electron chi connectivity index (χ1n) is 10.5. The van der Waals surface area contributed by atoms with Crippen LogP contribution in [-0.2, 0) is 9.47 Å². The number of hydrogen-bond acceptors (Lipinski definition) is 7. The van der Waals surface area contributed by atoms with Gasteiger partial charge in [-0.1, -0.05) is 11.2 Å². The Morgan fingerprint density at radius 3 is 2.88 bits per heavy atom. The summed E-state index contributed by atoms with van der Waals surface area (Å²) in [6.45, 7) is 6.07. The van der Waals surface area contributed by atoms with Gasteiger partial charge in [0.05, 0.1) is 23.8 Å². The zero-order valence-electron chi connectivity index (χ0n) is 18.3. The summed E-state index contributed by atoms with van der Waals surface area (Å²) in [6.07, 6.45) is 2.82. The molecule has 32 heavy (non-hydrogen) atoms. The van der Waals surface area contributed by atoms with Crippen molar-refractivity contribution in [1.82, 2.24) is 24.1 Å². The van der Waals surface area contributed by atoms with Gasteiger partial charge in [0.1, 0.15) is 35.0 Å². The van der Waals surface area contributed by atoms with Crippen LogP contribution in [0.3, 0.4) is 0 Å². The minimum absolute atomic E-state index is 0.189. The van der Waals surface area contributed by atoms with E-state index in [1.807, 2.05) is 13.8 Å². The van der Waals surface area contributed by atoms with Crippen molar-refractivity contribution in [1.29, 1.82) is 0 Å². The molecule has 0 amide bonds. The molecule has 9 nitrogen and oxygen atoms in total. The molecule has 5 rings (SSSR count). The molecule has 4 heterocycles. The summed E-state index contributed by atoms with van der Waals surface area (Å²) >= 11 is 0. The number of fused-ring (bicyclic) bond motifs is 3. The Hall–Kier alpha value is -3.11. The molecule has 2 unspecified atom stereocenters. The minimum Gasteiger partial charge on any atom is -0.383 e. The molecule has 0 saturated carbocycles. The van der Waals surface area contributed by atoms with E-state index in [-0.39, 0.29) is 40.9 Å². The van der Waals surface area contributed by atoms with Crippen LogP contribution in [0.1, 0.15) is 51.6 Å². The van der Waals surface area contributed by atoms with E-state index < -0.39 is 17.4 Å². The number of methoxy groups -OCH3 is 1. The summed E-state index contributed by atoms with van der Waals surface area (Å²) in [7, 11) is 1.54. The molecule has 1 saturated heterocycles. The van der Waals surface area contributed by atoms with E-state index in [9.17, 15) is 9.18 Å². The highest BCUT2D eigenvalue weighted by atomic mass is 19.1. The van der Waals surface area contributed by atoms with E-state index in [0.29, 0.717) is 11.4 Å². The van der Waals surface area contributed by atoms with Crippen LogP contribution in [0.4, 0.5) is 4.39 Å². The Morgan fingerprint density at radius 2 is 2.16 bits per heavy atom. The maximum atomic E-state index is 14.8. The second-order valence-corrected chi connectivity index (χ2v) is 8.76. The number of benzene rings is 1. The molecule has 1 fully saturated rings. The largest absolute Gasteiger partial charge is 0.383 e. The van der Waals surface area contributed by atoms with Gasteiger partial charge in [0.2, 0.25) is 5.82 Å². The summed E-state index contributed by atoms with van der Waals surface area (Å²) < 4.78 is 34.5. The van der Waals surface area contributed by atoms with Crippen LogP contribution in [0, 0.1) is 5.82 Å². The number of nitrogens with zero attached hydrogens (tertiary/aromatic N) is 5. The molecule has 0 spiro atoms. The first-order chi connectivity index (χ1) is 15.3. The van der Waals surface area contributed by atoms with Gasteiger partial charge >= 0.3 is 0 Å². The van der Waals surface area contributed by atoms with E-state index in [1.54, 1.807) is 23.5 Å². The maximum absolute atomic E-state index is 14.8. The van der Waals surface area contributed by atoms with Crippen LogP contribution in [0.5, 0.6) is 0 Å². The van der Waals surface area contributed by atoms with Crippen LogP contribution in [-0.4, -0.2) is 43.4 Å². The molecule has 0 bridgehead atoms. The van der Waals surface area contributed by atoms with Crippen LogP contribution >= 0.6 is 0 Å². The van der Waals surface area contributed by atoms with Crippen molar-refractivity contribution in [2.45, 2.75) is 51.4 Å². The van der Waals surface area contributed by atoms with Crippen molar-refractivity contribution in [3.8, 4) is 11.5 Å². The zero-order chi connectivity index (χ0) is 22.6. The van der Waals surface area contributed by atoms with Gasteiger partial charge in [0, 0.05) is 7.11 Å². The molecule has 1 aromatic carbocycles. The molecular formula is C22H24FN5O4. The van der Waals surface area contributed by atoms with Gasteiger partial charge in [-0.3, -0.25) is 13.8 Å². The van der Waals surface area contributed by atoms with Crippen molar-refractivity contribution in [2.24, 2.45) is 0 Å². The Balaban J connectivity index is 1.70. The lowest BCUT2D eigenvalue weighted by Gasteiger charge is -2.18. The van der Waals surface area contributed by atoms with Crippen LogP contribution in [0.25, 0.3) is 28.1 Å². The second-order valence-electron chi connectivity index (χ2n) is 8.76. The van der Waals surface area contributed by atoms with E-state index in [4.69, 9.17) is 14.0 Å². The third kappa shape index (κ3) is 3.21. The summed E-state index contributed by atoms with van der Waals surface area (Å²) in [5.41, 5.74) is 0.538. The number of aromatic nitrogens is 5. The summed E-state index contributed by atoms with van der Waals surface area (Å²) in [5.74, 6) is 0.0452. The standard InChI is InChI=1S/C22H24FN5O4/c1-12(10-30-4)28-17-13(23)6-5-7-14(17)27-11-24-16(18(27)21(28)29)19-25-20(32-26-19)15-8-9-22(2,3)31-15/h5-7,11-12,15H,8-10H2,1-4H3. The molecule has 4 aromatic rings. The maximum Gasteiger partial charge on any atom is 0.278 e. The Kier molecular flexibility index (Phi) is 4.86. The number of imidazole rings is 1. The molecule has 0 N–H and O–H groups in total. The second kappa shape index (κ2) is 7.49. The molecule has 3 aromatic heterocycles. The lowest BCUT2D eigenvalue weighted by atomic mass is 10.1. The summed E-state index contributed by atoms with van der Waals surface area (Å²) in [5, 5.41) is 4.06. The predicted octanol–water partition coefficient (Wildman–Crippen LogP) is 3.68. The first kappa shape index (κ1) is 20.8. The van der Waals surface area contributed by atoms with Crippen molar-refractivity contribution < 1.29 is 18.4 Å². The average Bonchev–Trinajstić information content (AvgIpc) is 3.46. The summed E-state index contributed by atoms with van der Waals surface area (Å²) in [6, 6.07) is 4.26. The van der Waals surface area contributed by atoms with E-state index in [2.05, 4.69) is 15.1 Å². The van der Waals surface area contributed by atoms with Crippen molar-refractivity contribution >= 4 is 16.6 Å². The molecule has 168 valence electrons. The number of para-hydroxylation sites is 1. The van der Waals surface area contributed by atoms with Crippen molar-refractivity contribution in [2.75, 3.05) is 13.7 Å². The molecule has 0 radical (unpaired) electrons. The van der Waals surface area contributed by atoms with Gasteiger partial charge in [0.25, 0.3) is 11.4 Å². The SMILES string of the molecule is COCC(C)n1c(=O)c2c(-c3noc(C4CCC(C)(C)O4)n3)ncn2c2cccc(F)c21. The number of rotatable bonds is 5. The van der Waals surface area contributed by atoms with Crippen molar-refractivity contribution in [3.05, 3.63) is 46.6 Å². The molecule has 1 aliphatic rings. The van der Waals surface area contributed by atoms with E-state index in [0.717, 1.165) is 12.8 Å². The van der Waals surface area contributed by atoms with E-state index in [1.165, 1.54) is 24.1 Å². The zero-order valence-corrected chi connectivity index (χ0v) is 18.3. The lowest BCUT2D eigenvalue weighted by Crippen LogP contribution is -2.28. The van der Waals surface area contributed by atoms with Gasteiger partial charge in [-0.2, -0.15) is 4.98 Å². The Morgan fingerprint density at radius 1 is 1.34 bits per heavy atom. The number of ether oxygens (including phenoxy) is 2. The molecule has 1 aliphatic heterocycles.